The number of nitrogens with zero attached hydrogens (tertiary/aromatic N) is 5. The highest BCUT2D eigenvalue weighted by Crippen LogP contribution is 2.29. The Morgan fingerprint density at radius 2 is 1.85 bits per heavy atom. The first-order chi connectivity index (χ1) is 12.3. The summed E-state index contributed by atoms with van der Waals surface area (Å²) in [5, 5.41) is 16.5. The Kier molecular flexibility index (Phi) is 6.21. The molecule has 1 N–H and O–H groups in total. The Balaban J connectivity index is 0.00000196. The predicted molar refractivity (Wildman–Crippen MR) is 104 cm³/mol. The van der Waals surface area contributed by atoms with E-state index in [9.17, 15) is 0 Å². The average molecular weight is 391 g/mol. The molecule has 1 aliphatic rings. The fourth-order valence-corrected chi connectivity index (χ4v) is 3.51. The monoisotopic (exact) mass is 390 g/mol. The third kappa shape index (κ3) is 3.88. The number of benzene rings is 2. The second-order valence-corrected chi connectivity index (χ2v) is 6.46. The summed E-state index contributed by atoms with van der Waals surface area (Å²) in [6, 6.07) is 18.2. The van der Waals surface area contributed by atoms with Crippen LogP contribution in [0.4, 0.5) is 0 Å². The van der Waals surface area contributed by atoms with E-state index < -0.39 is 0 Å². The Morgan fingerprint density at radius 1 is 1.08 bits per heavy atom. The van der Waals surface area contributed by atoms with Gasteiger partial charge in [-0.25, -0.2) is 0 Å². The number of aromatic nitrogens is 4. The molecule has 4 rings (SSSR count). The van der Waals surface area contributed by atoms with E-state index in [0.717, 1.165) is 41.7 Å². The van der Waals surface area contributed by atoms with E-state index in [1.54, 1.807) is 4.68 Å². The van der Waals surface area contributed by atoms with E-state index >= 15 is 0 Å². The number of para-hydroxylation sites is 1. The predicted octanol–water partition coefficient (Wildman–Crippen LogP) is 2.88. The van der Waals surface area contributed by atoms with Crippen molar-refractivity contribution in [3.8, 4) is 5.69 Å². The Morgan fingerprint density at radius 3 is 2.65 bits per heavy atom. The molecule has 1 saturated heterocycles. The molecule has 1 atom stereocenters. The molecule has 0 saturated carbocycles. The van der Waals surface area contributed by atoms with Crippen molar-refractivity contribution in [2.24, 2.45) is 0 Å². The lowest BCUT2D eigenvalue weighted by atomic mass is 10.0. The lowest BCUT2D eigenvalue weighted by molar-refractivity contribution is 0.149. The molecule has 0 radical (unpaired) electrons. The van der Waals surface area contributed by atoms with Crippen molar-refractivity contribution < 1.29 is 0 Å². The molecule has 136 valence electrons. The van der Waals surface area contributed by atoms with Crippen molar-refractivity contribution >= 4 is 24.0 Å². The molecule has 2 aromatic carbocycles. The smallest absolute Gasteiger partial charge is 0.170 e. The number of hydrogen-bond donors (Lipinski definition) is 1. The highest BCUT2D eigenvalue weighted by Gasteiger charge is 2.27. The molecule has 0 aliphatic carbocycles. The molecule has 0 amide bonds. The van der Waals surface area contributed by atoms with Gasteiger partial charge in [-0.1, -0.05) is 48.0 Å². The standard InChI is InChI=1S/C18H19ClN6.ClH/c19-16-9-5-4-8-15(16)17-12-20-10-11-24(17)13-18-21-22-23-25(18)14-6-2-1-3-7-14;/h1-9,17,20H,10-13H2;1H. The van der Waals surface area contributed by atoms with E-state index in [2.05, 4.69) is 31.8 Å². The summed E-state index contributed by atoms with van der Waals surface area (Å²) in [7, 11) is 0. The van der Waals surface area contributed by atoms with E-state index in [1.807, 2.05) is 48.5 Å². The van der Waals surface area contributed by atoms with Crippen LogP contribution in [0.5, 0.6) is 0 Å². The third-order valence-corrected chi connectivity index (χ3v) is 4.84. The second-order valence-electron chi connectivity index (χ2n) is 6.05. The largest absolute Gasteiger partial charge is 0.314 e. The third-order valence-electron chi connectivity index (χ3n) is 4.50. The molecular weight excluding hydrogens is 371 g/mol. The molecule has 1 fully saturated rings. The second kappa shape index (κ2) is 8.60. The van der Waals surface area contributed by atoms with Gasteiger partial charge in [-0.2, -0.15) is 4.68 Å². The van der Waals surface area contributed by atoms with E-state index in [1.165, 1.54) is 0 Å². The molecular formula is C18H20Cl2N6. The van der Waals surface area contributed by atoms with Crippen LogP contribution < -0.4 is 5.32 Å². The Bertz CT molecular complexity index is 838. The summed E-state index contributed by atoms with van der Waals surface area (Å²) in [5.74, 6) is 0.824. The maximum atomic E-state index is 6.43. The fourth-order valence-electron chi connectivity index (χ4n) is 3.24. The molecule has 1 aromatic heterocycles. The first kappa shape index (κ1) is 18.8. The van der Waals surface area contributed by atoms with Crippen LogP contribution in [0.25, 0.3) is 5.69 Å². The number of halogens is 2. The quantitative estimate of drug-likeness (QED) is 0.741. The van der Waals surface area contributed by atoms with Crippen LogP contribution in [-0.4, -0.2) is 44.7 Å². The van der Waals surface area contributed by atoms with Crippen LogP contribution in [0.15, 0.2) is 54.6 Å². The van der Waals surface area contributed by atoms with Gasteiger partial charge in [-0.05, 0) is 34.2 Å². The van der Waals surface area contributed by atoms with E-state index in [-0.39, 0.29) is 18.4 Å². The van der Waals surface area contributed by atoms with Crippen LogP contribution >= 0.6 is 24.0 Å². The number of tetrazole rings is 1. The van der Waals surface area contributed by atoms with Crippen molar-refractivity contribution in [3.63, 3.8) is 0 Å². The van der Waals surface area contributed by atoms with Crippen LogP contribution in [0.3, 0.4) is 0 Å². The fraction of sp³-hybridized carbons (Fsp3) is 0.278. The van der Waals surface area contributed by atoms with Gasteiger partial charge in [-0.3, -0.25) is 4.90 Å². The highest BCUT2D eigenvalue weighted by atomic mass is 35.5. The number of hydrogen-bond acceptors (Lipinski definition) is 5. The maximum Gasteiger partial charge on any atom is 0.170 e. The highest BCUT2D eigenvalue weighted by molar-refractivity contribution is 6.31. The van der Waals surface area contributed by atoms with Gasteiger partial charge in [0.15, 0.2) is 5.82 Å². The summed E-state index contributed by atoms with van der Waals surface area (Å²) in [6.07, 6.45) is 0. The van der Waals surface area contributed by atoms with Gasteiger partial charge in [0.05, 0.1) is 12.2 Å². The molecule has 26 heavy (non-hydrogen) atoms. The minimum Gasteiger partial charge on any atom is -0.314 e. The van der Waals surface area contributed by atoms with Crippen LogP contribution in [0.2, 0.25) is 5.02 Å². The van der Waals surface area contributed by atoms with Gasteiger partial charge in [-0.15, -0.1) is 17.5 Å². The molecule has 8 heteroatoms. The zero-order valence-electron chi connectivity index (χ0n) is 14.1. The maximum absolute atomic E-state index is 6.43. The minimum atomic E-state index is 0. The SMILES string of the molecule is Cl.Clc1ccccc1C1CNCCN1Cc1nnnn1-c1ccccc1. The van der Waals surface area contributed by atoms with Crippen molar-refractivity contribution in [2.75, 3.05) is 19.6 Å². The van der Waals surface area contributed by atoms with Gasteiger partial charge in [0.1, 0.15) is 0 Å². The van der Waals surface area contributed by atoms with Gasteiger partial charge in [0, 0.05) is 30.7 Å². The number of nitrogens with one attached hydrogen (secondary N) is 1. The van der Waals surface area contributed by atoms with Gasteiger partial charge < -0.3 is 5.32 Å². The van der Waals surface area contributed by atoms with Crippen LogP contribution in [0, 0.1) is 0 Å². The number of piperazine rings is 1. The average Bonchev–Trinajstić information content (AvgIpc) is 3.12. The van der Waals surface area contributed by atoms with E-state index in [0.29, 0.717) is 6.54 Å². The van der Waals surface area contributed by atoms with Crippen LogP contribution in [-0.2, 0) is 6.54 Å². The van der Waals surface area contributed by atoms with Crippen LogP contribution in [0.1, 0.15) is 17.4 Å². The lowest BCUT2D eigenvalue weighted by Gasteiger charge is -2.36. The van der Waals surface area contributed by atoms with E-state index in [4.69, 9.17) is 11.6 Å². The zero-order valence-corrected chi connectivity index (χ0v) is 15.7. The van der Waals surface area contributed by atoms with Gasteiger partial charge in [0.25, 0.3) is 0 Å². The molecule has 1 aliphatic heterocycles. The summed E-state index contributed by atoms with van der Waals surface area (Å²) >= 11 is 6.43. The minimum absolute atomic E-state index is 0. The van der Waals surface area contributed by atoms with Crippen molar-refractivity contribution in [2.45, 2.75) is 12.6 Å². The zero-order chi connectivity index (χ0) is 17.1. The van der Waals surface area contributed by atoms with Crippen molar-refractivity contribution in [1.82, 2.24) is 30.4 Å². The normalized spacial score (nSPS) is 17.7. The summed E-state index contributed by atoms with van der Waals surface area (Å²) in [5.41, 5.74) is 2.10. The molecule has 0 bridgehead atoms. The first-order valence-corrected chi connectivity index (χ1v) is 8.72. The lowest BCUT2D eigenvalue weighted by Crippen LogP contribution is -2.46. The summed E-state index contributed by atoms with van der Waals surface area (Å²) in [4.78, 5) is 2.38. The van der Waals surface area contributed by atoms with Gasteiger partial charge >= 0.3 is 0 Å². The summed E-state index contributed by atoms with van der Waals surface area (Å²) < 4.78 is 1.80. The molecule has 6 nitrogen and oxygen atoms in total. The molecule has 2 heterocycles. The molecule has 0 spiro atoms. The summed E-state index contributed by atoms with van der Waals surface area (Å²) in [6.45, 7) is 3.38. The Hall–Kier alpha value is -1.99. The molecule has 1 unspecified atom stereocenters. The first-order valence-electron chi connectivity index (χ1n) is 8.35. The van der Waals surface area contributed by atoms with Gasteiger partial charge in [0.2, 0.25) is 0 Å². The Labute approximate surface area is 163 Å². The topological polar surface area (TPSA) is 58.9 Å². The van der Waals surface area contributed by atoms with Crippen molar-refractivity contribution in [1.29, 1.82) is 0 Å². The molecule has 3 aromatic rings. The van der Waals surface area contributed by atoms with Crippen molar-refractivity contribution in [3.05, 3.63) is 71.0 Å². The number of rotatable bonds is 4.